The van der Waals surface area contributed by atoms with Crippen LogP contribution in [0.2, 0.25) is 10.0 Å². The molecule has 1 aliphatic rings. The van der Waals surface area contributed by atoms with Crippen LogP contribution in [-0.4, -0.2) is 22.5 Å². The second kappa shape index (κ2) is 6.97. The van der Waals surface area contributed by atoms with Gasteiger partial charge < -0.3 is 9.73 Å². The van der Waals surface area contributed by atoms with Crippen molar-refractivity contribution in [3.05, 3.63) is 51.8 Å². The summed E-state index contributed by atoms with van der Waals surface area (Å²) < 4.78 is 5.77. The van der Waals surface area contributed by atoms with Gasteiger partial charge in [0.2, 0.25) is 0 Å². The van der Waals surface area contributed by atoms with Crippen molar-refractivity contribution in [3.63, 3.8) is 0 Å². The van der Waals surface area contributed by atoms with Gasteiger partial charge >= 0.3 is 0 Å². The average Bonchev–Trinajstić information content (AvgIpc) is 3.08. The van der Waals surface area contributed by atoms with Crippen LogP contribution in [0, 0.1) is 0 Å². The molecule has 0 atom stereocenters. The molecule has 1 aromatic carbocycles. The number of nitrogens with zero attached hydrogens (tertiary/aromatic N) is 1. The van der Waals surface area contributed by atoms with Gasteiger partial charge in [-0.15, -0.1) is 0 Å². The quantitative estimate of drug-likeness (QED) is 0.615. The van der Waals surface area contributed by atoms with Crippen LogP contribution >= 0.6 is 35.4 Å². The number of hydrogen-bond donors (Lipinski definition) is 1. The molecule has 1 aromatic heterocycles. The Bertz CT molecular complexity index is 845. The van der Waals surface area contributed by atoms with Gasteiger partial charge in [0.15, 0.2) is 5.11 Å². The van der Waals surface area contributed by atoms with Crippen LogP contribution in [0.25, 0.3) is 17.4 Å². The lowest BCUT2D eigenvalue weighted by molar-refractivity contribution is -0.122. The Hall–Kier alpha value is -1.82. The van der Waals surface area contributed by atoms with Gasteiger partial charge in [-0.05, 0) is 49.0 Å². The lowest BCUT2D eigenvalue weighted by Crippen LogP contribution is -2.31. The highest BCUT2D eigenvalue weighted by molar-refractivity contribution is 7.80. The van der Waals surface area contributed by atoms with Crippen LogP contribution in [0.15, 0.2) is 40.4 Å². The number of furan rings is 1. The summed E-state index contributed by atoms with van der Waals surface area (Å²) in [7, 11) is 0. The molecule has 0 saturated carbocycles. The van der Waals surface area contributed by atoms with E-state index in [0.29, 0.717) is 38.9 Å². The summed E-state index contributed by atoms with van der Waals surface area (Å²) in [5.74, 6) is 0.985. The number of nitrogens with one attached hydrogen (secondary N) is 1. The molecule has 2 aromatic rings. The molecule has 124 valence electrons. The monoisotopic (exact) mass is 380 g/mol. The first-order valence-electron chi connectivity index (χ1n) is 7.39. The van der Waals surface area contributed by atoms with Crippen LogP contribution in [0.1, 0.15) is 19.1 Å². The molecule has 7 heteroatoms. The first-order valence-corrected chi connectivity index (χ1v) is 8.56. The number of carbonyl (C=O) groups excluding carboxylic acids is 1. The lowest BCUT2D eigenvalue weighted by Gasteiger charge is -2.11. The van der Waals surface area contributed by atoms with Gasteiger partial charge in [-0.3, -0.25) is 9.69 Å². The fraction of sp³-hybridized carbons (Fsp3) is 0.176. The minimum absolute atomic E-state index is 0.149. The number of amides is 1. The van der Waals surface area contributed by atoms with Crippen LogP contribution in [-0.2, 0) is 4.79 Å². The Balaban J connectivity index is 1.86. The second-order valence-electron chi connectivity index (χ2n) is 5.27. The van der Waals surface area contributed by atoms with E-state index in [-0.39, 0.29) is 5.91 Å². The fourth-order valence-electron chi connectivity index (χ4n) is 2.41. The maximum atomic E-state index is 12.3. The van der Waals surface area contributed by atoms with Crippen molar-refractivity contribution in [3.8, 4) is 11.3 Å². The predicted octanol–water partition coefficient (Wildman–Crippen LogP) is 4.72. The average molecular weight is 381 g/mol. The third-order valence-electron chi connectivity index (χ3n) is 3.52. The molecule has 4 nitrogen and oxygen atoms in total. The van der Waals surface area contributed by atoms with E-state index < -0.39 is 0 Å². The molecule has 1 fully saturated rings. The van der Waals surface area contributed by atoms with Gasteiger partial charge in [-0.25, -0.2) is 0 Å². The summed E-state index contributed by atoms with van der Waals surface area (Å²) in [4.78, 5) is 13.9. The zero-order chi connectivity index (χ0) is 17.3. The van der Waals surface area contributed by atoms with Gasteiger partial charge in [0.25, 0.3) is 5.91 Å². The molecular weight excluding hydrogens is 367 g/mol. The minimum atomic E-state index is -0.149. The third kappa shape index (κ3) is 3.34. The molecule has 24 heavy (non-hydrogen) atoms. The van der Waals surface area contributed by atoms with Crippen LogP contribution in [0.5, 0.6) is 0 Å². The number of thiocarbonyl (C=S) groups is 1. The first-order chi connectivity index (χ1) is 11.5. The molecule has 1 saturated heterocycles. The van der Waals surface area contributed by atoms with E-state index in [2.05, 4.69) is 5.32 Å². The van der Waals surface area contributed by atoms with E-state index in [1.54, 1.807) is 41.3 Å². The molecule has 0 bridgehead atoms. The van der Waals surface area contributed by atoms with Crippen molar-refractivity contribution in [2.24, 2.45) is 0 Å². The fourth-order valence-corrected chi connectivity index (χ4v) is 3.19. The first kappa shape index (κ1) is 17.0. The number of benzene rings is 1. The molecule has 0 spiro atoms. The number of rotatable bonds is 4. The van der Waals surface area contributed by atoms with E-state index in [9.17, 15) is 4.79 Å². The highest BCUT2D eigenvalue weighted by Gasteiger charge is 2.30. The molecule has 1 amide bonds. The van der Waals surface area contributed by atoms with Gasteiger partial charge in [0.05, 0.1) is 5.02 Å². The Labute approximate surface area is 155 Å². The maximum Gasteiger partial charge on any atom is 0.276 e. The molecule has 0 aliphatic carbocycles. The van der Waals surface area contributed by atoms with Gasteiger partial charge in [0.1, 0.15) is 17.2 Å². The number of hydrogen-bond acceptors (Lipinski definition) is 3. The predicted molar refractivity (Wildman–Crippen MR) is 99.9 cm³/mol. The topological polar surface area (TPSA) is 45.5 Å². The highest BCUT2D eigenvalue weighted by Crippen LogP contribution is 2.32. The Morgan fingerprint density at radius 1 is 1.29 bits per heavy atom. The maximum absolute atomic E-state index is 12.3. The van der Waals surface area contributed by atoms with E-state index in [4.69, 9.17) is 39.8 Å². The SMILES string of the molecule is CCCN1C(=O)/C(=C/c2ccc(-c3ccc(Cl)cc3Cl)o2)NC1=S. The minimum Gasteiger partial charge on any atom is -0.457 e. The summed E-state index contributed by atoms with van der Waals surface area (Å²) in [5, 5.41) is 4.40. The smallest absolute Gasteiger partial charge is 0.276 e. The van der Waals surface area contributed by atoms with Crippen molar-refractivity contribution in [1.29, 1.82) is 0 Å². The summed E-state index contributed by atoms with van der Waals surface area (Å²) in [6.45, 7) is 2.58. The number of carbonyl (C=O) groups is 1. The molecule has 3 rings (SSSR count). The molecule has 0 unspecified atom stereocenters. The van der Waals surface area contributed by atoms with Crippen molar-refractivity contribution >= 4 is 52.5 Å². The zero-order valence-electron chi connectivity index (χ0n) is 12.8. The van der Waals surface area contributed by atoms with Gasteiger partial charge in [-0.2, -0.15) is 0 Å². The summed E-state index contributed by atoms with van der Waals surface area (Å²) >= 11 is 17.3. The van der Waals surface area contributed by atoms with Crippen LogP contribution in [0.4, 0.5) is 0 Å². The van der Waals surface area contributed by atoms with E-state index in [1.165, 1.54) is 0 Å². The van der Waals surface area contributed by atoms with E-state index >= 15 is 0 Å². The number of halogens is 2. The zero-order valence-corrected chi connectivity index (χ0v) is 15.1. The van der Waals surface area contributed by atoms with Crippen molar-refractivity contribution in [2.45, 2.75) is 13.3 Å². The van der Waals surface area contributed by atoms with Crippen LogP contribution < -0.4 is 5.32 Å². The van der Waals surface area contributed by atoms with Gasteiger partial charge in [-0.1, -0.05) is 30.1 Å². The summed E-state index contributed by atoms with van der Waals surface area (Å²) in [6, 6.07) is 8.75. The third-order valence-corrected chi connectivity index (χ3v) is 4.39. The van der Waals surface area contributed by atoms with Gasteiger partial charge in [0, 0.05) is 23.2 Å². The van der Waals surface area contributed by atoms with Crippen molar-refractivity contribution in [2.75, 3.05) is 6.54 Å². The molecular formula is C17H14Cl2N2O2S. The molecule has 2 heterocycles. The molecule has 1 N–H and O–H groups in total. The van der Waals surface area contributed by atoms with Crippen LogP contribution in [0.3, 0.4) is 0 Å². The Morgan fingerprint density at radius 3 is 2.79 bits per heavy atom. The standard InChI is InChI=1S/C17H14Cl2N2O2S/c1-2-7-21-16(22)14(20-17(21)24)9-11-4-6-15(23-11)12-5-3-10(18)8-13(12)19/h3-6,8-9H,2,7H2,1H3,(H,20,24)/b14-9-. The van der Waals surface area contributed by atoms with Crippen molar-refractivity contribution in [1.82, 2.24) is 10.2 Å². The van der Waals surface area contributed by atoms with Crippen molar-refractivity contribution < 1.29 is 9.21 Å². The molecule has 0 radical (unpaired) electrons. The lowest BCUT2D eigenvalue weighted by atomic mass is 10.2. The summed E-state index contributed by atoms with van der Waals surface area (Å²) in [5.41, 5.74) is 1.14. The second-order valence-corrected chi connectivity index (χ2v) is 6.50. The highest BCUT2D eigenvalue weighted by atomic mass is 35.5. The largest absolute Gasteiger partial charge is 0.457 e. The summed E-state index contributed by atoms with van der Waals surface area (Å²) in [6.07, 6.45) is 2.47. The van der Waals surface area contributed by atoms with E-state index in [0.717, 1.165) is 12.0 Å². The Kier molecular flexibility index (Phi) is 4.94. The normalized spacial score (nSPS) is 16.1. The van der Waals surface area contributed by atoms with E-state index in [1.807, 2.05) is 6.92 Å². The molecule has 1 aliphatic heterocycles. The Morgan fingerprint density at radius 2 is 2.08 bits per heavy atom.